The lowest BCUT2D eigenvalue weighted by Crippen LogP contribution is -2.28. The molecule has 0 aliphatic heterocycles. The molecule has 3 heterocycles. The number of nitrogens with one attached hydrogen (secondary N) is 1. The average Bonchev–Trinajstić information content (AvgIpc) is 2.92. The van der Waals surface area contributed by atoms with Gasteiger partial charge in [-0.05, 0) is 48.4 Å². The summed E-state index contributed by atoms with van der Waals surface area (Å²) in [6.45, 7) is 1.75. The Hall–Kier alpha value is -5.37. The van der Waals surface area contributed by atoms with Gasteiger partial charge in [-0.15, -0.1) is 0 Å². The van der Waals surface area contributed by atoms with E-state index in [0.717, 1.165) is 0 Å². The minimum atomic E-state index is -0.651. The Morgan fingerprint density at radius 2 is 1.95 bits per heavy atom. The van der Waals surface area contributed by atoms with Crippen LogP contribution in [0.15, 0.2) is 71.8 Å². The first-order valence-electron chi connectivity index (χ1n) is 11.5. The molecule has 0 radical (unpaired) electrons. The summed E-state index contributed by atoms with van der Waals surface area (Å²) in [7, 11) is 1.51. The predicted octanol–water partition coefficient (Wildman–Crippen LogP) is 4.01. The van der Waals surface area contributed by atoms with Gasteiger partial charge in [0.25, 0.3) is 5.56 Å². The Morgan fingerprint density at radius 1 is 1.13 bits per heavy atom. The first-order chi connectivity index (χ1) is 18.4. The van der Waals surface area contributed by atoms with Gasteiger partial charge in [0, 0.05) is 12.3 Å². The number of pyridine rings is 1. The fourth-order valence-corrected chi connectivity index (χ4v) is 4.19. The second-order valence-electron chi connectivity index (χ2n) is 8.35. The number of fused-ring (bicyclic) bond motifs is 1. The highest BCUT2D eigenvalue weighted by molar-refractivity contribution is 5.94. The Kier molecular flexibility index (Phi) is 6.37. The Balaban J connectivity index is 1.76. The Bertz CT molecular complexity index is 1780. The minimum absolute atomic E-state index is 0.0230. The summed E-state index contributed by atoms with van der Waals surface area (Å²) >= 11 is 0. The number of nitriles is 1. The van der Waals surface area contributed by atoms with Crippen molar-refractivity contribution >= 4 is 22.7 Å². The number of nitrogens with two attached hydrogens (primary N) is 1. The number of hydrogen-bond acceptors (Lipinski definition) is 9. The molecule has 3 N–H and O–H groups in total. The molecule has 5 rings (SSSR count). The van der Waals surface area contributed by atoms with E-state index in [4.69, 9.17) is 15.5 Å². The smallest absolute Gasteiger partial charge is 0.266 e. The molecule has 0 saturated heterocycles. The van der Waals surface area contributed by atoms with Crippen LogP contribution in [0.3, 0.4) is 0 Å². The number of benzene rings is 2. The van der Waals surface area contributed by atoms with E-state index in [1.54, 1.807) is 49.5 Å². The molecule has 11 heteroatoms. The molecule has 0 aliphatic rings. The summed E-state index contributed by atoms with van der Waals surface area (Å²) < 4.78 is 20.9. The minimum Gasteiger partial charge on any atom is -0.481 e. The van der Waals surface area contributed by atoms with Crippen molar-refractivity contribution in [3.63, 3.8) is 0 Å². The highest BCUT2D eigenvalue weighted by atomic mass is 19.1. The number of halogens is 1. The molecule has 0 amide bonds. The molecule has 188 valence electrons. The highest BCUT2D eigenvalue weighted by Crippen LogP contribution is 2.30. The molecule has 38 heavy (non-hydrogen) atoms. The molecule has 5 aromatic rings. The predicted molar refractivity (Wildman–Crippen MR) is 140 cm³/mol. The van der Waals surface area contributed by atoms with E-state index >= 15 is 0 Å². The summed E-state index contributed by atoms with van der Waals surface area (Å²) in [6, 6.07) is 15.9. The van der Waals surface area contributed by atoms with Crippen molar-refractivity contribution < 1.29 is 9.13 Å². The van der Waals surface area contributed by atoms with Gasteiger partial charge in [0.2, 0.25) is 11.8 Å². The SMILES string of the molecule is COc1cc(-c2cccc3nc([C@H](C)Nc4nc(N)ncc4C#N)n(-c4cccc(F)c4)c(=O)c23)ccn1. The number of aromatic nitrogens is 5. The summed E-state index contributed by atoms with van der Waals surface area (Å²) in [5.41, 5.74) is 7.54. The highest BCUT2D eigenvalue weighted by Gasteiger charge is 2.22. The quantitative estimate of drug-likeness (QED) is 0.347. The second-order valence-corrected chi connectivity index (χ2v) is 8.35. The van der Waals surface area contributed by atoms with Gasteiger partial charge in [-0.2, -0.15) is 10.2 Å². The number of anilines is 2. The van der Waals surface area contributed by atoms with Crippen molar-refractivity contribution in [1.29, 1.82) is 5.26 Å². The van der Waals surface area contributed by atoms with Gasteiger partial charge in [-0.25, -0.2) is 19.3 Å². The maximum absolute atomic E-state index is 14.3. The molecule has 0 bridgehead atoms. The molecule has 10 nitrogen and oxygen atoms in total. The van der Waals surface area contributed by atoms with Crippen molar-refractivity contribution in [2.75, 3.05) is 18.2 Å². The van der Waals surface area contributed by atoms with Crippen LogP contribution in [-0.2, 0) is 0 Å². The molecular formula is C27H21FN8O2. The van der Waals surface area contributed by atoms with E-state index in [9.17, 15) is 14.4 Å². The van der Waals surface area contributed by atoms with Crippen LogP contribution >= 0.6 is 0 Å². The standard InChI is InChI=1S/C27H21FN8O2/c1-15(33-24-17(13-29)14-32-27(30)35-24)25-34-21-8-4-7-20(16-9-10-31-22(11-16)38-2)23(21)26(37)36(25)19-6-3-5-18(28)12-19/h3-12,14-15H,1-2H3,(H3,30,32,33,35)/t15-/m0/s1. The summed E-state index contributed by atoms with van der Waals surface area (Å²) in [6.07, 6.45) is 2.90. The van der Waals surface area contributed by atoms with Crippen LogP contribution in [0.4, 0.5) is 16.2 Å². The van der Waals surface area contributed by atoms with Crippen LogP contribution in [0.2, 0.25) is 0 Å². The van der Waals surface area contributed by atoms with E-state index in [0.29, 0.717) is 27.9 Å². The molecular weight excluding hydrogens is 487 g/mol. The number of nitrogens with zero attached hydrogens (tertiary/aromatic N) is 6. The summed E-state index contributed by atoms with van der Waals surface area (Å²) in [5.74, 6) is 0.322. The number of nitrogen functional groups attached to an aromatic ring is 1. The van der Waals surface area contributed by atoms with Gasteiger partial charge in [0.05, 0.1) is 35.9 Å². The van der Waals surface area contributed by atoms with Gasteiger partial charge in [-0.3, -0.25) is 9.36 Å². The summed E-state index contributed by atoms with van der Waals surface area (Å²) in [5, 5.41) is 12.9. The molecule has 3 aromatic heterocycles. The number of hydrogen-bond donors (Lipinski definition) is 2. The van der Waals surface area contributed by atoms with Gasteiger partial charge >= 0.3 is 0 Å². The topological polar surface area (TPSA) is 145 Å². The molecule has 0 fully saturated rings. The largest absolute Gasteiger partial charge is 0.481 e. The fraction of sp³-hybridized carbons (Fsp3) is 0.111. The monoisotopic (exact) mass is 508 g/mol. The third-order valence-corrected chi connectivity index (χ3v) is 5.91. The lowest BCUT2D eigenvalue weighted by molar-refractivity contribution is 0.398. The molecule has 2 aromatic carbocycles. The van der Waals surface area contributed by atoms with Crippen molar-refractivity contribution in [2.45, 2.75) is 13.0 Å². The van der Waals surface area contributed by atoms with E-state index in [2.05, 4.69) is 20.3 Å². The zero-order valence-electron chi connectivity index (χ0n) is 20.4. The molecule has 0 saturated carbocycles. The van der Waals surface area contributed by atoms with Crippen LogP contribution in [0.25, 0.3) is 27.7 Å². The number of rotatable bonds is 6. The molecule has 0 spiro atoms. The third-order valence-electron chi connectivity index (χ3n) is 5.91. The Morgan fingerprint density at radius 3 is 2.71 bits per heavy atom. The Labute approximate surface area is 216 Å². The van der Waals surface area contributed by atoms with Crippen molar-refractivity contribution in [3.8, 4) is 28.8 Å². The molecule has 0 unspecified atom stereocenters. The zero-order valence-corrected chi connectivity index (χ0v) is 20.4. The van der Waals surface area contributed by atoms with Gasteiger partial charge in [0.15, 0.2) is 0 Å². The van der Waals surface area contributed by atoms with Gasteiger partial charge in [-0.1, -0.05) is 18.2 Å². The third kappa shape index (κ3) is 4.46. The lowest BCUT2D eigenvalue weighted by atomic mass is 10.0. The maximum atomic E-state index is 14.3. The van der Waals surface area contributed by atoms with E-state index in [-0.39, 0.29) is 28.8 Å². The zero-order chi connectivity index (χ0) is 26.8. The summed E-state index contributed by atoms with van der Waals surface area (Å²) in [4.78, 5) is 31.1. The van der Waals surface area contributed by atoms with Crippen molar-refractivity contribution in [1.82, 2.24) is 24.5 Å². The van der Waals surface area contributed by atoms with Gasteiger partial charge in [0.1, 0.15) is 29.1 Å². The average molecular weight is 509 g/mol. The number of ether oxygens (including phenoxy) is 1. The van der Waals surface area contributed by atoms with E-state index in [1.807, 2.05) is 6.07 Å². The fourth-order valence-electron chi connectivity index (χ4n) is 4.19. The van der Waals surface area contributed by atoms with Crippen LogP contribution in [0.1, 0.15) is 24.4 Å². The molecule has 0 aliphatic carbocycles. The van der Waals surface area contributed by atoms with Crippen LogP contribution in [-0.4, -0.2) is 31.6 Å². The lowest BCUT2D eigenvalue weighted by Gasteiger charge is -2.21. The van der Waals surface area contributed by atoms with Gasteiger partial charge < -0.3 is 15.8 Å². The van der Waals surface area contributed by atoms with E-state index in [1.165, 1.54) is 36.1 Å². The molecule has 1 atom stereocenters. The normalized spacial score (nSPS) is 11.6. The maximum Gasteiger partial charge on any atom is 0.266 e. The van der Waals surface area contributed by atoms with Crippen molar-refractivity contribution in [3.05, 3.63) is 94.5 Å². The van der Waals surface area contributed by atoms with Crippen LogP contribution in [0.5, 0.6) is 5.88 Å². The van der Waals surface area contributed by atoms with Crippen LogP contribution in [0, 0.1) is 17.1 Å². The van der Waals surface area contributed by atoms with Crippen molar-refractivity contribution in [2.24, 2.45) is 0 Å². The van der Waals surface area contributed by atoms with E-state index < -0.39 is 17.4 Å². The first kappa shape index (κ1) is 24.3. The number of methoxy groups -OCH3 is 1. The second kappa shape index (κ2) is 9.94. The van der Waals surface area contributed by atoms with Crippen LogP contribution < -0.4 is 21.3 Å². The first-order valence-corrected chi connectivity index (χ1v) is 11.5.